The second-order valence-corrected chi connectivity index (χ2v) is 9.25. The molecule has 2 rings (SSSR count). The molecule has 0 heterocycles. The zero-order chi connectivity index (χ0) is 22.1. The van der Waals surface area contributed by atoms with Gasteiger partial charge in [-0.1, -0.05) is 54.6 Å². The molecule has 0 bridgehead atoms. The Hall–Kier alpha value is -2.71. The minimum atomic E-state index is -3.38. The van der Waals surface area contributed by atoms with E-state index in [9.17, 15) is 18.0 Å². The summed E-state index contributed by atoms with van der Waals surface area (Å²) in [7, 11) is -3.38. The van der Waals surface area contributed by atoms with E-state index in [0.29, 0.717) is 12.1 Å². The van der Waals surface area contributed by atoms with Crippen LogP contribution in [0.4, 0.5) is 0 Å². The van der Waals surface area contributed by atoms with Gasteiger partial charge in [0, 0.05) is 19.5 Å². The Labute approximate surface area is 178 Å². The molecule has 8 heteroatoms. The van der Waals surface area contributed by atoms with E-state index < -0.39 is 16.1 Å². The van der Waals surface area contributed by atoms with E-state index in [2.05, 4.69) is 15.4 Å². The number of benzene rings is 2. The molecule has 0 radical (unpaired) electrons. The number of amides is 2. The van der Waals surface area contributed by atoms with Crippen LogP contribution in [0.15, 0.2) is 54.6 Å². The minimum Gasteiger partial charge on any atom is -0.352 e. The van der Waals surface area contributed by atoms with Crippen LogP contribution in [0.5, 0.6) is 0 Å². The number of sulfonamides is 1. The summed E-state index contributed by atoms with van der Waals surface area (Å²) in [5, 5.41) is 5.65. The molecule has 0 saturated heterocycles. The van der Waals surface area contributed by atoms with Gasteiger partial charge in [-0.05, 0) is 30.5 Å². The fraction of sp³-hybridized carbons (Fsp3) is 0.364. The Morgan fingerprint density at radius 2 is 1.53 bits per heavy atom. The zero-order valence-corrected chi connectivity index (χ0v) is 18.3. The van der Waals surface area contributed by atoms with E-state index in [1.165, 1.54) is 6.92 Å². The van der Waals surface area contributed by atoms with Crippen LogP contribution in [0.25, 0.3) is 0 Å². The summed E-state index contributed by atoms with van der Waals surface area (Å²) in [6.07, 6.45) is 0.126. The summed E-state index contributed by atoms with van der Waals surface area (Å²) in [5.74, 6) is -0.479. The van der Waals surface area contributed by atoms with Crippen molar-refractivity contribution in [2.45, 2.75) is 51.6 Å². The van der Waals surface area contributed by atoms with Crippen LogP contribution in [-0.2, 0) is 31.9 Å². The van der Waals surface area contributed by atoms with Crippen LogP contribution in [0.2, 0.25) is 0 Å². The fourth-order valence-corrected chi connectivity index (χ4v) is 4.45. The second-order valence-electron chi connectivity index (χ2n) is 7.49. The van der Waals surface area contributed by atoms with Crippen molar-refractivity contribution in [3.63, 3.8) is 0 Å². The topological polar surface area (TPSA) is 104 Å². The Morgan fingerprint density at radius 3 is 2.10 bits per heavy atom. The van der Waals surface area contributed by atoms with Crippen molar-refractivity contribution in [3.05, 3.63) is 71.3 Å². The molecule has 162 valence electrons. The van der Waals surface area contributed by atoms with E-state index in [-0.39, 0.29) is 30.0 Å². The van der Waals surface area contributed by atoms with Crippen molar-refractivity contribution < 1.29 is 18.0 Å². The first-order valence-electron chi connectivity index (χ1n) is 9.81. The third-order valence-electron chi connectivity index (χ3n) is 4.25. The van der Waals surface area contributed by atoms with Crippen LogP contribution in [0.3, 0.4) is 0 Å². The van der Waals surface area contributed by atoms with Crippen LogP contribution in [0, 0.1) is 0 Å². The fourth-order valence-electron chi connectivity index (χ4n) is 3.01. The van der Waals surface area contributed by atoms with Gasteiger partial charge >= 0.3 is 0 Å². The summed E-state index contributed by atoms with van der Waals surface area (Å²) in [5.41, 5.74) is 2.40. The monoisotopic (exact) mass is 431 g/mol. The molecule has 2 amide bonds. The lowest BCUT2D eigenvalue weighted by atomic mass is 10.0. The summed E-state index contributed by atoms with van der Waals surface area (Å²) in [6.45, 7) is 5.29. The molecule has 0 aliphatic carbocycles. The first-order chi connectivity index (χ1) is 14.1. The van der Waals surface area contributed by atoms with E-state index in [1.807, 2.05) is 30.3 Å². The van der Waals surface area contributed by atoms with E-state index in [1.54, 1.807) is 38.1 Å². The van der Waals surface area contributed by atoms with Crippen LogP contribution < -0.4 is 15.4 Å². The molecule has 7 nitrogen and oxygen atoms in total. The molecule has 1 unspecified atom stereocenters. The van der Waals surface area contributed by atoms with Gasteiger partial charge in [0.2, 0.25) is 21.8 Å². The molecule has 0 spiro atoms. The molecule has 1 atom stereocenters. The highest BCUT2D eigenvalue weighted by atomic mass is 32.2. The molecular weight excluding hydrogens is 402 g/mol. The van der Waals surface area contributed by atoms with Gasteiger partial charge < -0.3 is 10.6 Å². The highest BCUT2D eigenvalue weighted by Crippen LogP contribution is 2.16. The lowest BCUT2D eigenvalue weighted by Gasteiger charge is -2.18. The molecular formula is C22H29N3O4S. The highest BCUT2D eigenvalue weighted by molar-refractivity contribution is 7.88. The lowest BCUT2D eigenvalue weighted by Crippen LogP contribution is -2.32. The molecule has 0 fully saturated rings. The summed E-state index contributed by atoms with van der Waals surface area (Å²) in [6, 6.07) is 15.9. The highest BCUT2D eigenvalue weighted by Gasteiger charge is 2.17. The molecule has 0 aliphatic heterocycles. The average Bonchev–Trinajstić information content (AvgIpc) is 2.66. The van der Waals surface area contributed by atoms with E-state index >= 15 is 0 Å². The average molecular weight is 432 g/mol. The largest absolute Gasteiger partial charge is 0.352 e. The van der Waals surface area contributed by atoms with Crippen LogP contribution in [-0.4, -0.2) is 26.3 Å². The van der Waals surface area contributed by atoms with Gasteiger partial charge in [-0.3, -0.25) is 9.59 Å². The number of rotatable bonds is 10. The normalized spacial score (nSPS) is 12.4. The van der Waals surface area contributed by atoms with Crippen LogP contribution >= 0.6 is 0 Å². The van der Waals surface area contributed by atoms with Crippen molar-refractivity contribution in [3.8, 4) is 0 Å². The Morgan fingerprint density at radius 1 is 0.933 bits per heavy atom. The van der Waals surface area contributed by atoms with E-state index in [0.717, 1.165) is 11.1 Å². The Balaban J connectivity index is 1.91. The van der Waals surface area contributed by atoms with Crippen molar-refractivity contribution >= 4 is 21.8 Å². The van der Waals surface area contributed by atoms with Gasteiger partial charge in [-0.25, -0.2) is 13.1 Å². The quantitative estimate of drug-likeness (QED) is 0.537. The minimum absolute atomic E-state index is 0.0900. The van der Waals surface area contributed by atoms with Crippen molar-refractivity contribution in [2.24, 2.45) is 0 Å². The lowest BCUT2D eigenvalue weighted by molar-refractivity contribution is -0.122. The zero-order valence-electron chi connectivity index (χ0n) is 17.5. The first kappa shape index (κ1) is 23.6. The van der Waals surface area contributed by atoms with Gasteiger partial charge in [-0.15, -0.1) is 0 Å². The maximum atomic E-state index is 12.4. The Bertz CT molecular complexity index is 942. The maximum Gasteiger partial charge on any atom is 0.222 e. The Kier molecular flexibility index (Phi) is 8.56. The van der Waals surface area contributed by atoms with Crippen molar-refractivity contribution in [1.29, 1.82) is 0 Å². The molecule has 30 heavy (non-hydrogen) atoms. The molecule has 0 saturated carbocycles. The first-order valence-corrected chi connectivity index (χ1v) is 11.5. The van der Waals surface area contributed by atoms with Gasteiger partial charge in [0.05, 0.1) is 18.2 Å². The molecule has 2 aromatic carbocycles. The van der Waals surface area contributed by atoms with E-state index in [4.69, 9.17) is 0 Å². The van der Waals surface area contributed by atoms with Crippen molar-refractivity contribution in [1.82, 2.24) is 15.4 Å². The molecule has 3 N–H and O–H groups in total. The van der Waals surface area contributed by atoms with Gasteiger partial charge in [-0.2, -0.15) is 0 Å². The molecule has 0 aromatic heterocycles. The van der Waals surface area contributed by atoms with Gasteiger partial charge in [0.1, 0.15) is 0 Å². The number of carbonyl (C=O) groups excluding carboxylic acids is 2. The summed E-state index contributed by atoms with van der Waals surface area (Å²) >= 11 is 0. The number of hydrogen-bond acceptors (Lipinski definition) is 4. The SMILES string of the molecule is CC(=O)NC(CC(=O)NCc1ccc(CS(=O)(=O)NC(C)C)cc1)c1ccccc1. The standard InChI is InChI=1S/C22H29N3O4S/c1-16(2)25-30(28,29)15-19-11-9-18(10-12-19)14-23-22(27)13-21(24-17(3)26)20-7-5-4-6-8-20/h4-12,16,21,25H,13-15H2,1-3H3,(H,23,27)(H,24,26). The van der Waals surface area contributed by atoms with Crippen molar-refractivity contribution in [2.75, 3.05) is 0 Å². The van der Waals surface area contributed by atoms with Gasteiger partial charge in [0.15, 0.2) is 0 Å². The molecule has 2 aromatic rings. The third-order valence-corrected chi connectivity index (χ3v) is 5.80. The summed E-state index contributed by atoms with van der Waals surface area (Å²) in [4.78, 5) is 23.9. The summed E-state index contributed by atoms with van der Waals surface area (Å²) < 4.78 is 26.6. The van der Waals surface area contributed by atoms with Crippen LogP contribution in [0.1, 0.15) is 49.9 Å². The third kappa shape index (κ3) is 8.34. The number of hydrogen-bond donors (Lipinski definition) is 3. The maximum absolute atomic E-state index is 12.4. The molecule has 0 aliphatic rings. The smallest absolute Gasteiger partial charge is 0.222 e. The predicted molar refractivity (Wildman–Crippen MR) is 117 cm³/mol. The number of carbonyl (C=O) groups is 2. The predicted octanol–water partition coefficient (Wildman–Crippen LogP) is 2.40. The number of nitrogens with one attached hydrogen (secondary N) is 3. The van der Waals surface area contributed by atoms with Gasteiger partial charge in [0.25, 0.3) is 0 Å². The second kappa shape index (κ2) is 10.9.